The van der Waals surface area contributed by atoms with Crippen LogP contribution in [-0.4, -0.2) is 18.7 Å². The molecule has 28 heavy (non-hydrogen) atoms. The van der Waals surface area contributed by atoms with Crippen LogP contribution in [0.2, 0.25) is 0 Å². The molecule has 1 heterocycles. The Morgan fingerprint density at radius 3 is 2.71 bits per heavy atom. The third kappa shape index (κ3) is 3.74. The van der Waals surface area contributed by atoms with E-state index in [4.69, 9.17) is 9.15 Å². The molecule has 0 saturated heterocycles. The van der Waals surface area contributed by atoms with Gasteiger partial charge in [-0.3, -0.25) is 4.79 Å². The molecule has 4 aromatic rings. The van der Waals surface area contributed by atoms with Gasteiger partial charge in [-0.15, -0.1) is 0 Å². The van der Waals surface area contributed by atoms with E-state index in [-0.39, 0.29) is 11.7 Å². The van der Waals surface area contributed by atoms with E-state index in [1.54, 1.807) is 12.3 Å². The zero-order valence-corrected chi connectivity index (χ0v) is 15.5. The number of carbonyl (C=O) groups is 1. The van der Waals surface area contributed by atoms with Crippen LogP contribution in [0.25, 0.3) is 21.7 Å². The van der Waals surface area contributed by atoms with Gasteiger partial charge in [0.2, 0.25) is 0 Å². The number of hydrogen-bond acceptors (Lipinski definition) is 4. The van der Waals surface area contributed by atoms with E-state index < -0.39 is 0 Å². The number of hydrogen-bond donors (Lipinski definition) is 1. The molecule has 0 radical (unpaired) electrons. The fraction of sp³-hybridized carbons (Fsp3) is 0.130. The van der Waals surface area contributed by atoms with E-state index in [2.05, 4.69) is 17.5 Å². The summed E-state index contributed by atoms with van der Waals surface area (Å²) in [4.78, 5) is 12.4. The number of benzene rings is 3. The molecule has 0 fully saturated rings. The first-order valence-corrected chi connectivity index (χ1v) is 9.22. The monoisotopic (exact) mass is 372 g/mol. The van der Waals surface area contributed by atoms with E-state index in [1.807, 2.05) is 60.7 Å². The molecule has 0 aliphatic carbocycles. The van der Waals surface area contributed by atoms with Gasteiger partial charge >= 0.3 is 5.91 Å². The number of nitrogens with one attached hydrogen (secondary N) is 1. The van der Waals surface area contributed by atoms with Gasteiger partial charge in [0.15, 0.2) is 5.76 Å². The predicted molar refractivity (Wildman–Crippen MR) is 111 cm³/mol. The normalized spacial score (nSPS) is 11.3. The second-order valence-corrected chi connectivity index (χ2v) is 6.43. The molecule has 4 rings (SSSR count). The lowest BCUT2D eigenvalue weighted by Crippen LogP contribution is -2.16. The molecule has 0 saturated carbocycles. The minimum absolute atomic E-state index is 0.229. The molecule has 0 spiro atoms. The fourth-order valence-corrected chi connectivity index (χ4v) is 2.99. The quantitative estimate of drug-likeness (QED) is 0.376. The zero-order valence-electron chi connectivity index (χ0n) is 15.5. The number of ether oxygens (including phenoxy) is 1. The first-order valence-electron chi connectivity index (χ1n) is 9.22. The molecule has 0 bridgehead atoms. The van der Waals surface area contributed by atoms with Crippen LogP contribution >= 0.6 is 0 Å². The molecular formula is C23H20N2O3. The van der Waals surface area contributed by atoms with E-state index in [9.17, 15) is 4.79 Å². The smallest absolute Gasteiger partial charge is 0.307 e. The Labute approximate surface area is 162 Å². The summed E-state index contributed by atoms with van der Waals surface area (Å²) >= 11 is 0. The van der Waals surface area contributed by atoms with Gasteiger partial charge in [0.05, 0.1) is 12.8 Å². The van der Waals surface area contributed by atoms with Crippen molar-refractivity contribution < 1.29 is 13.9 Å². The molecule has 0 aliphatic heterocycles. The largest absolute Gasteiger partial charge is 0.494 e. The molecule has 5 heteroatoms. The molecule has 3 aromatic carbocycles. The molecular weight excluding hydrogens is 352 g/mol. The number of fused-ring (bicyclic) bond motifs is 3. The van der Waals surface area contributed by atoms with Crippen molar-refractivity contribution in [3.8, 4) is 5.75 Å². The molecule has 1 aromatic heterocycles. The van der Waals surface area contributed by atoms with E-state index >= 15 is 0 Å². The first-order chi connectivity index (χ1) is 13.7. The van der Waals surface area contributed by atoms with Crippen LogP contribution in [0.1, 0.15) is 29.5 Å². The van der Waals surface area contributed by atoms with Crippen molar-refractivity contribution in [1.82, 2.24) is 5.43 Å². The average Bonchev–Trinajstić information content (AvgIpc) is 3.18. The van der Waals surface area contributed by atoms with Crippen LogP contribution in [0, 0.1) is 0 Å². The van der Waals surface area contributed by atoms with Crippen LogP contribution in [0.4, 0.5) is 0 Å². The Kier molecular flexibility index (Phi) is 5.06. The summed E-state index contributed by atoms with van der Waals surface area (Å²) in [7, 11) is 0. The summed E-state index contributed by atoms with van der Waals surface area (Å²) in [5.41, 5.74) is 4.05. The molecule has 1 amide bonds. The Morgan fingerprint density at radius 1 is 1.07 bits per heavy atom. The SMILES string of the molecule is CCCOc1ccc(/C=N/NC(=O)c2cc3c(ccc4ccccc43)o2)cc1. The maximum Gasteiger partial charge on any atom is 0.307 e. The standard InChI is InChI=1S/C23H20N2O3/c1-2-13-27-18-10-7-16(8-11-18)15-24-25-23(26)22-14-20-19-6-4-3-5-17(19)9-12-21(20)28-22/h3-12,14-15H,2,13H2,1H3,(H,25,26)/b24-15+. The minimum Gasteiger partial charge on any atom is -0.494 e. The highest BCUT2D eigenvalue weighted by Crippen LogP contribution is 2.28. The van der Waals surface area contributed by atoms with Crippen molar-refractivity contribution in [2.45, 2.75) is 13.3 Å². The highest BCUT2D eigenvalue weighted by atomic mass is 16.5. The number of hydrazone groups is 1. The van der Waals surface area contributed by atoms with Gasteiger partial charge in [-0.25, -0.2) is 5.43 Å². The second kappa shape index (κ2) is 7.96. The lowest BCUT2D eigenvalue weighted by molar-refractivity contribution is 0.0929. The van der Waals surface area contributed by atoms with E-state index in [1.165, 1.54) is 0 Å². The fourth-order valence-electron chi connectivity index (χ4n) is 2.99. The van der Waals surface area contributed by atoms with Crippen molar-refractivity contribution in [3.63, 3.8) is 0 Å². The highest BCUT2D eigenvalue weighted by molar-refractivity contribution is 6.08. The summed E-state index contributed by atoms with van der Waals surface area (Å²) < 4.78 is 11.2. The van der Waals surface area contributed by atoms with E-state index in [0.29, 0.717) is 12.2 Å². The summed E-state index contributed by atoms with van der Waals surface area (Å²) in [5.74, 6) is 0.656. The van der Waals surface area contributed by atoms with Gasteiger partial charge in [-0.2, -0.15) is 5.10 Å². The lowest BCUT2D eigenvalue weighted by atomic mass is 10.1. The predicted octanol–water partition coefficient (Wildman–Crippen LogP) is 5.14. The van der Waals surface area contributed by atoms with Crippen molar-refractivity contribution in [1.29, 1.82) is 0 Å². The maximum atomic E-state index is 12.4. The van der Waals surface area contributed by atoms with Crippen molar-refractivity contribution in [3.05, 3.63) is 78.1 Å². The minimum atomic E-state index is -0.389. The van der Waals surface area contributed by atoms with Crippen LogP contribution in [0.5, 0.6) is 5.75 Å². The average molecular weight is 372 g/mol. The van der Waals surface area contributed by atoms with Gasteiger partial charge in [-0.05, 0) is 59.2 Å². The third-order valence-electron chi connectivity index (χ3n) is 4.38. The highest BCUT2D eigenvalue weighted by Gasteiger charge is 2.13. The maximum absolute atomic E-state index is 12.4. The number of furan rings is 1. The Morgan fingerprint density at radius 2 is 1.89 bits per heavy atom. The second-order valence-electron chi connectivity index (χ2n) is 6.43. The third-order valence-corrected chi connectivity index (χ3v) is 4.38. The molecule has 1 N–H and O–H groups in total. The molecule has 140 valence electrons. The Balaban J connectivity index is 1.46. The first kappa shape index (κ1) is 17.8. The van der Waals surface area contributed by atoms with Crippen LogP contribution in [0.15, 0.2) is 76.2 Å². The van der Waals surface area contributed by atoms with Crippen LogP contribution < -0.4 is 10.2 Å². The summed E-state index contributed by atoms with van der Waals surface area (Å²) in [5, 5.41) is 7.09. The molecule has 0 aliphatic rings. The zero-order chi connectivity index (χ0) is 19.3. The van der Waals surface area contributed by atoms with Gasteiger partial charge < -0.3 is 9.15 Å². The van der Waals surface area contributed by atoms with Gasteiger partial charge in [-0.1, -0.05) is 37.3 Å². The van der Waals surface area contributed by atoms with Gasteiger partial charge in [0, 0.05) is 5.39 Å². The van der Waals surface area contributed by atoms with Crippen LogP contribution in [0.3, 0.4) is 0 Å². The van der Waals surface area contributed by atoms with Gasteiger partial charge in [0.25, 0.3) is 0 Å². The summed E-state index contributed by atoms with van der Waals surface area (Å²) in [6.07, 6.45) is 2.55. The molecule has 0 unspecified atom stereocenters. The molecule has 0 atom stereocenters. The van der Waals surface area contributed by atoms with Gasteiger partial charge in [0.1, 0.15) is 11.3 Å². The van der Waals surface area contributed by atoms with E-state index in [0.717, 1.165) is 33.9 Å². The Hall–Kier alpha value is -3.60. The Bertz CT molecular complexity index is 1140. The topological polar surface area (TPSA) is 63.8 Å². The number of rotatable bonds is 6. The van der Waals surface area contributed by atoms with Crippen molar-refractivity contribution in [2.75, 3.05) is 6.61 Å². The lowest BCUT2D eigenvalue weighted by Gasteiger charge is -2.03. The number of amides is 1. The van der Waals surface area contributed by atoms with Crippen LogP contribution in [-0.2, 0) is 0 Å². The number of carbonyl (C=O) groups excluding carboxylic acids is 1. The summed E-state index contributed by atoms with van der Waals surface area (Å²) in [6, 6.07) is 21.1. The van der Waals surface area contributed by atoms with Crippen molar-refractivity contribution in [2.24, 2.45) is 5.10 Å². The number of nitrogens with zero attached hydrogens (tertiary/aromatic N) is 1. The molecule has 5 nitrogen and oxygen atoms in total. The van der Waals surface area contributed by atoms with Crippen molar-refractivity contribution >= 4 is 33.9 Å². The summed E-state index contributed by atoms with van der Waals surface area (Å²) in [6.45, 7) is 2.75.